The predicted octanol–water partition coefficient (Wildman–Crippen LogP) is 6.42. The van der Waals surface area contributed by atoms with Gasteiger partial charge in [-0.1, -0.05) is 23.2 Å². The van der Waals surface area contributed by atoms with Crippen LogP contribution in [0.3, 0.4) is 0 Å². The summed E-state index contributed by atoms with van der Waals surface area (Å²) in [6, 6.07) is 11.9. The third kappa shape index (κ3) is 8.28. The lowest BCUT2D eigenvalue weighted by atomic mass is 10.2. The van der Waals surface area contributed by atoms with E-state index in [1.54, 1.807) is 0 Å². The van der Waals surface area contributed by atoms with E-state index in [0.717, 1.165) is 24.3 Å². The molecular formula is C26H14Cl3F5N6O2. The van der Waals surface area contributed by atoms with E-state index < -0.39 is 45.8 Å². The highest BCUT2D eigenvalue weighted by molar-refractivity contribution is 6.67. The molecule has 0 amide bonds. The van der Waals surface area contributed by atoms with Gasteiger partial charge in [0, 0.05) is 10.0 Å². The number of nitrogens with zero attached hydrogens (tertiary/aromatic N) is 3. The summed E-state index contributed by atoms with van der Waals surface area (Å²) >= 11 is 16.2. The van der Waals surface area contributed by atoms with Crippen LogP contribution in [0.5, 0.6) is 0 Å². The molecule has 216 valence electrons. The zero-order valence-corrected chi connectivity index (χ0v) is 22.8. The number of carbonyl (C=O) groups is 1. The molecule has 0 bridgehead atoms. The highest BCUT2D eigenvalue weighted by Gasteiger charge is 2.13. The Kier molecular flexibility index (Phi) is 10.6. The largest absolute Gasteiger partial charge is 0.384 e. The number of benzene rings is 2. The Balaban J connectivity index is 0.000000188. The lowest BCUT2D eigenvalue weighted by molar-refractivity contribution is 0.107. The minimum Gasteiger partial charge on any atom is -0.384 e. The highest BCUT2D eigenvalue weighted by atomic mass is 35.5. The van der Waals surface area contributed by atoms with E-state index >= 15 is 0 Å². The van der Waals surface area contributed by atoms with E-state index in [1.807, 2.05) is 0 Å². The number of halogens is 8. The number of aromatic nitrogens is 4. The predicted molar refractivity (Wildman–Crippen MR) is 147 cm³/mol. The third-order valence-corrected chi connectivity index (χ3v) is 5.64. The maximum atomic E-state index is 13.8. The molecule has 0 aliphatic heterocycles. The minimum absolute atomic E-state index is 0.0163. The number of rotatable bonds is 3. The Morgan fingerprint density at radius 3 is 1.98 bits per heavy atom. The van der Waals surface area contributed by atoms with Crippen LogP contribution in [0.25, 0.3) is 22.4 Å². The van der Waals surface area contributed by atoms with Crippen LogP contribution in [0.15, 0.2) is 65.5 Å². The third-order valence-electron chi connectivity index (χ3n) is 4.96. The van der Waals surface area contributed by atoms with Crippen LogP contribution < -0.4 is 11.3 Å². The second-order valence-corrected chi connectivity index (χ2v) is 9.04. The van der Waals surface area contributed by atoms with Crippen LogP contribution in [0, 0.1) is 34.9 Å². The zero-order valence-electron chi connectivity index (χ0n) is 20.5. The standard InChI is InChI=1S/C13H6ClF2N3O.C7H6ClFN2.C6H2ClF2NO/c14-6-1-3-9(15)8(5-6)12-18-11-7(13(20)19-12)2-4-10(16)17-11;8-4-1-2-6(9)5(3-4)7(10)11;7-5(11)3-1-2-4(8)10-6(3)9/h1-5H,(H,17,18,19,20);1-3H,(H3,10,11);1-2H. The van der Waals surface area contributed by atoms with Gasteiger partial charge < -0.3 is 10.7 Å². The van der Waals surface area contributed by atoms with Crippen LogP contribution in [-0.2, 0) is 0 Å². The Labute approximate surface area is 247 Å². The number of carbonyl (C=O) groups excluding carboxylic acids is 1. The van der Waals surface area contributed by atoms with E-state index in [4.69, 9.17) is 45.9 Å². The molecule has 2 aromatic carbocycles. The lowest BCUT2D eigenvalue weighted by Gasteiger charge is -2.04. The number of fused-ring (bicyclic) bond motifs is 1. The molecular weight excluding hydrogens is 630 g/mol. The first kappa shape index (κ1) is 32.1. The van der Waals surface area contributed by atoms with E-state index in [2.05, 4.69) is 19.9 Å². The molecule has 4 N–H and O–H groups in total. The fourth-order valence-corrected chi connectivity index (χ4v) is 3.55. The number of hydrogen-bond donors (Lipinski definition) is 3. The number of nitrogens with two attached hydrogens (primary N) is 1. The van der Waals surface area contributed by atoms with E-state index in [1.165, 1.54) is 36.4 Å². The molecule has 0 atom stereocenters. The van der Waals surface area contributed by atoms with Gasteiger partial charge in [-0.2, -0.15) is 23.1 Å². The van der Waals surface area contributed by atoms with E-state index in [-0.39, 0.29) is 38.8 Å². The van der Waals surface area contributed by atoms with Gasteiger partial charge in [-0.15, -0.1) is 0 Å². The summed E-state index contributed by atoms with van der Waals surface area (Å²) < 4.78 is 64.1. The monoisotopic (exact) mass is 642 g/mol. The van der Waals surface area contributed by atoms with Gasteiger partial charge in [0.15, 0.2) is 5.65 Å². The van der Waals surface area contributed by atoms with Gasteiger partial charge >= 0.3 is 0 Å². The molecule has 5 rings (SSSR count). The Morgan fingerprint density at radius 1 is 0.786 bits per heavy atom. The fourth-order valence-electron chi connectivity index (χ4n) is 3.07. The summed E-state index contributed by atoms with van der Waals surface area (Å²) in [6.07, 6.45) is 0. The first-order chi connectivity index (χ1) is 19.8. The molecule has 0 radical (unpaired) electrons. The number of pyridine rings is 2. The summed E-state index contributed by atoms with van der Waals surface area (Å²) in [7, 11) is 0. The van der Waals surface area contributed by atoms with Crippen LogP contribution in [0.1, 0.15) is 15.9 Å². The van der Waals surface area contributed by atoms with Gasteiger partial charge in [0.1, 0.15) is 23.3 Å². The normalized spacial score (nSPS) is 10.3. The minimum atomic E-state index is -1.19. The zero-order chi connectivity index (χ0) is 31.1. The number of amidine groups is 1. The number of nitrogen functional groups attached to an aromatic ring is 1. The van der Waals surface area contributed by atoms with Gasteiger partial charge in [-0.3, -0.25) is 15.0 Å². The molecule has 0 aliphatic rings. The van der Waals surface area contributed by atoms with Crippen molar-refractivity contribution in [2.24, 2.45) is 5.73 Å². The van der Waals surface area contributed by atoms with Crippen molar-refractivity contribution in [3.63, 3.8) is 0 Å². The maximum Gasteiger partial charge on any atom is 0.260 e. The van der Waals surface area contributed by atoms with Gasteiger partial charge in [-0.05, 0) is 72.3 Å². The SMILES string of the molecule is N=C(N)c1cc(Cl)ccc1F.O=C(Cl)c1ccc(F)nc1F.O=c1[nH]c(-c2cc(Cl)ccc2F)nc2nc(F)ccc12. The van der Waals surface area contributed by atoms with Crippen LogP contribution in [-0.4, -0.2) is 31.0 Å². The average molecular weight is 644 g/mol. The van der Waals surface area contributed by atoms with Crippen molar-refractivity contribution >= 4 is 56.9 Å². The molecule has 0 unspecified atom stereocenters. The summed E-state index contributed by atoms with van der Waals surface area (Å²) in [5.74, 6) is -4.44. The Bertz CT molecular complexity index is 1870. The fraction of sp³-hybridized carbons (Fsp3) is 0. The van der Waals surface area contributed by atoms with Crippen molar-refractivity contribution in [2.45, 2.75) is 0 Å². The summed E-state index contributed by atoms with van der Waals surface area (Å²) in [4.78, 5) is 34.9. The van der Waals surface area contributed by atoms with Crippen molar-refractivity contribution < 1.29 is 26.7 Å². The number of hydrogen-bond acceptors (Lipinski definition) is 6. The first-order valence-corrected chi connectivity index (χ1v) is 12.2. The molecule has 0 saturated carbocycles. The first-order valence-electron chi connectivity index (χ1n) is 11.1. The molecule has 0 saturated heterocycles. The lowest BCUT2D eigenvalue weighted by Crippen LogP contribution is -2.12. The van der Waals surface area contributed by atoms with E-state index in [9.17, 15) is 31.5 Å². The van der Waals surface area contributed by atoms with Crippen molar-refractivity contribution in [1.82, 2.24) is 19.9 Å². The second kappa shape index (κ2) is 13.9. The van der Waals surface area contributed by atoms with Gasteiger partial charge in [0.05, 0.1) is 22.1 Å². The van der Waals surface area contributed by atoms with Crippen molar-refractivity contribution in [2.75, 3.05) is 0 Å². The average Bonchev–Trinajstić information content (AvgIpc) is 2.91. The number of H-pyrrole nitrogens is 1. The summed E-state index contributed by atoms with van der Waals surface area (Å²) in [5, 5.41) is 6.74. The molecule has 16 heteroatoms. The molecule has 0 spiro atoms. The highest BCUT2D eigenvalue weighted by Crippen LogP contribution is 2.23. The quantitative estimate of drug-likeness (QED) is 0.0682. The number of aromatic amines is 1. The number of nitrogens with one attached hydrogen (secondary N) is 2. The van der Waals surface area contributed by atoms with Crippen LogP contribution in [0.4, 0.5) is 22.0 Å². The smallest absolute Gasteiger partial charge is 0.260 e. The second-order valence-electron chi connectivity index (χ2n) is 7.83. The molecule has 0 fully saturated rings. The van der Waals surface area contributed by atoms with Gasteiger partial charge in [0.25, 0.3) is 10.8 Å². The molecule has 8 nitrogen and oxygen atoms in total. The Hall–Kier alpha value is -4.46. The molecule has 42 heavy (non-hydrogen) atoms. The Morgan fingerprint density at radius 2 is 1.38 bits per heavy atom. The van der Waals surface area contributed by atoms with Crippen molar-refractivity contribution in [3.05, 3.63) is 122 Å². The maximum absolute atomic E-state index is 13.8. The van der Waals surface area contributed by atoms with E-state index in [0.29, 0.717) is 5.02 Å². The van der Waals surface area contributed by atoms with Crippen molar-refractivity contribution in [3.8, 4) is 11.4 Å². The molecule has 5 aromatic rings. The van der Waals surface area contributed by atoms with Gasteiger partial charge in [0.2, 0.25) is 17.8 Å². The topological polar surface area (TPSA) is 138 Å². The molecule has 0 aliphatic carbocycles. The van der Waals surface area contributed by atoms with Crippen LogP contribution >= 0.6 is 34.8 Å². The van der Waals surface area contributed by atoms with Crippen LogP contribution in [0.2, 0.25) is 10.0 Å². The van der Waals surface area contributed by atoms with Crippen molar-refractivity contribution in [1.29, 1.82) is 5.41 Å². The van der Waals surface area contributed by atoms with Gasteiger partial charge in [-0.25, -0.2) is 13.8 Å². The molecule has 3 heterocycles. The summed E-state index contributed by atoms with van der Waals surface area (Å²) in [6.45, 7) is 0. The molecule has 3 aromatic heterocycles. The summed E-state index contributed by atoms with van der Waals surface area (Å²) in [5.41, 5.74) is 4.08.